The normalized spacial score (nSPS) is 14.1. The molecule has 1 rings (SSSR count). The molecule has 0 aliphatic carbocycles. The summed E-state index contributed by atoms with van der Waals surface area (Å²) < 4.78 is 4.91. The second-order valence-electron chi connectivity index (χ2n) is 5.66. The second-order valence-corrected chi connectivity index (χ2v) is 5.66. The highest BCUT2D eigenvalue weighted by molar-refractivity contribution is 6.01. The molecule has 1 aliphatic rings. The standard InChI is InChI=1S/C16H26N2O6/c1-2-3-4-5-6-7-10-17-13(19)11-23-12-16(22)24-18-14(20)8-9-15(18)21/h2-12H2,1H3,(H,17,19). The van der Waals surface area contributed by atoms with E-state index in [0.29, 0.717) is 11.6 Å². The maximum Gasteiger partial charge on any atom is 0.358 e. The van der Waals surface area contributed by atoms with Crippen molar-refractivity contribution in [1.82, 2.24) is 10.4 Å². The predicted octanol–water partition coefficient (Wildman–Crippen LogP) is 1.09. The maximum atomic E-state index is 11.5. The lowest BCUT2D eigenvalue weighted by Crippen LogP contribution is -2.34. The van der Waals surface area contributed by atoms with E-state index in [-0.39, 0.29) is 25.4 Å². The molecule has 0 spiro atoms. The van der Waals surface area contributed by atoms with Crippen LogP contribution >= 0.6 is 0 Å². The third kappa shape index (κ3) is 8.05. The first kappa shape index (κ1) is 20.1. The number of amides is 3. The number of nitrogens with one attached hydrogen (secondary N) is 1. The number of hydrogen-bond acceptors (Lipinski definition) is 6. The fraction of sp³-hybridized carbons (Fsp3) is 0.750. The van der Waals surface area contributed by atoms with E-state index >= 15 is 0 Å². The van der Waals surface area contributed by atoms with E-state index in [1.165, 1.54) is 25.7 Å². The smallest absolute Gasteiger partial charge is 0.358 e. The lowest BCUT2D eigenvalue weighted by Gasteiger charge is -2.12. The van der Waals surface area contributed by atoms with Crippen LogP contribution in [0.5, 0.6) is 0 Å². The topological polar surface area (TPSA) is 102 Å². The Morgan fingerprint density at radius 2 is 1.62 bits per heavy atom. The van der Waals surface area contributed by atoms with Crippen molar-refractivity contribution in [2.45, 2.75) is 58.3 Å². The summed E-state index contributed by atoms with van der Waals surface area (Å²) in [6.07, 6.45) is 6.89. The average molecular weight is 342 g/mol. The van der Waals surface area contributed by atoms with Gasteiger partial charge in [0.25, 0.3) is 11.8 Å². The van der Waals surface area contributed by atoms with Crippen LogP contribution in [-0.4, -0.2) is 48.5 Å². The molecule has 0 aromatic rings. The van der Waals surface area contributed by atoms with E-state index in [1.54, 1.807) is 0 Å². The van der Waals surface area contributed by atoms with Crippen molar-refractivity contribution in [2.75, 3.05) is 19.8 Å². The van der Waals surface area contributed by atoms with Crippen molar-refractivity contribution in [2.24, 2.45) is 0 Å². The molecule has 1 aliphatic heterocycles. The van der Waals surface area contributed by atoms with Crippen LogP contribution in [-0.2, 0) is 28.8 Å². The van der Waals surface area contributed by atoms with Gasteiger partial charge in [0.1, 0.15) is 13.2 Å². The number of hydroxylamine groups is 2. The van der Waals surface area contributed by atoms with E-state index in [4.69, 9.17) is 4.74 Å². The van der Waals surface area contributed by atoms with E-state index in [2.05, 4.69) is 17.1 Å². The molecule has 136 valence electrons. The number of imide groups is 1. The molecule has 0 radical (unpaired) electrons. The zero-order valence-electron chi connectivity index (χ0n) is 14.2. The van der Waals surface area contributed by atoms with Gasteiger partial charge in [-0.2, -0.15) is 0 Å². The monoisotopic (exact) mass is 342 g/mol. The van der Waals surface area contributed by atoms with Gasteiger partial charge in [-0.1, -0.05) is 39.0 Å². The Morgan fingerprint density at radius 3 is 2.29 bits per heavy atom. The van der Waals surface area contributed by atoms with Gasteiger partial charge in [-0.25, -0.2) is 4.79 Å². The Hall–Kier alpha value is -1.96. The van der Waals surface area contributed by atoms with Gasteiger partial charge in [-0.05, 0) is 6.42 Å². The van der Waals surface area contributed by atoms with Gasteiger partial charge in [-0.3, -0.25) is 14.4 Å². The SMILES string of the molecule is CCCCCCCCNC(=O)COCC(=O)ON1C(=O)CCC1=O. The number of carbonyl (C=O) groups is 4. The molecular weight excluding hydrogens is 316 g/mol. The van der Waals surface area contributed by atoms with Gasteiger partial charge < -0.3 is 14.9 Å². The molecule has 1 heterocycles. The Balaban J connectivity index is 2.01. The largest absolute Gasteiger partial charge is 0.360 e. The molecule has 1 saturated heterocycles. The van der Waals surface area contributed by atoms with Gasteiger partial charge in [0, 0.05) is 19.4 Å². The highest BCUT2D eigenvalue weighted by atomic mass is 16.7. The number of nitrogens with zero attached hydrogens (tertiary/aromatic N) is 1. The first-order valence-electron chi connectivity index (χ1n) is 8.45. The van der Waals surface area contributed by atoms with Crippen LogP contribution in [0.15, 0.2) is 0 Å². The molecule has 1 N–H and O–H groups in total. The third-order valence-electron chi connectivity index (χ3n) is 3.50. The summed E-state index contributed by atoms with van der Waals surface area (Å²) in [5.41, 5.74) is 0. The Morgan fingerprint density at radius 1 is 1.00 bits per heavy atom. The Kier molecular flexibility index (Phi) is 9.67. The summed E-state index contributed by atoms with van der Waals surface area (Å²) in [5.74, 6) is -2.30. The molecule has 24 heavy (non-hydrogen) atoms. The second kappa shape index (κ2) is 11.6. The maximum absolute atomic E-state index is 11.5. The number of rotatable bonds is 12. The van der Waals surface area contributed by atoms with Gasteiger partial charge in [0.15, 0.2) is 0 Å². The van der Waals surface area contributed by atoms with E-state index in [9.17, 15) is 19.2 Å². The summed E-state index contributed by atoms with van der Waals surface area (Å²) in [4.78, 5) is 50.0. The van der Waals surface area contributed by atoms with Crippen molar-refractivity contribution >= 4 is 23.7 Å². The lowest BCUT2D eigenvalue weighted by atomic mass is 10.1. The zero-order valence-corrected chi connectivity index (χ0v) is 14.2. The number of ether oxygens (including phenoxy) is 1. The van der Waals surface area contributed by atoms with Crippen LogP contribution in [0.1, 0.15) is 58.3 Å². The van der Waals surface area contributed by atoms with Crippen LogP contribution in [0.2, 0.25) is 0 Å². The summed E-state index contributed by atoms with van der Waals surface area (Å²) in [5, 5.41) is 3.15. The van der Waals surface area contributed by atoms with Crippen molar-refractivity contribution < 1.29 is 28.8 Å². The fourth-order valence-corrected chi connectivity index (χ4v) is 2.20. The lowest BCUT2D eigenvalue weighted by molar-refractivity contribution is -0.200. The van der Waals surface area contributed by atoms with Crippen LogP contribution in [0.3, 0.4) is 0 Å². The van der Waals surface area contributed by atoms with Gasteiger partial charge >= 0.3 is 5.97 Å². The summed E-state index contributed by atoms with van der Waals surface area (Å²) >= 11 is 0. The molecule has 0 saturated carbocycles. The molecule has 0 unspecified atom stereocenters. The van der Waals surface area contributed by atoms with Crippen molar-refractivity contribution in [1.29, 1.82) is 0 Å². The van der Waals surface area contributed by atoms with Crippen LogP contribution in [0.25, 0.3) is 0 Å². The Bertz CT molecular complexity index is 436. The Labute approximate surface area is 141 Å². The molecule has 8 heteroatoms. The molecule has 0 aromatic carbocycles. The highest BCUT2D eigenvalue weighted by Crippen LogP contribution is 2.11. The fourth-order valence-electron chi connectivity index (χ4n) is 2.20. The third-order valence-corrected chi connectivity index (χ3v) is 3.50. The number of hydrogen-bond donors (Lipinski definition) is 1. The first-order valence-corrected chi connectivity index (χ1v) is 8.45. The molecule has 0 bridgehead atoms. The van der Waals surface area contributed by atoms with E-state index < -0.39 is 24.4 Å². The number of carbonyl (C=O) groups excluding carboxylic acids is 4. The molecule has 0 atom stereocenters. The quantitative estimate of drug-likeness (QED) is 0.421. The molecular formula is C16H26N2O6. The zero-order chi connectivity index (χ0) is 17.8. The predicted molar refractivity (Wildman–Crippen MR) is 84.4 cm³/mol. The minimum Gasteiger partial charge on any atom is -0.360 e. The minimum atomic E-state index is -0.887. The van der Waals surface area contributed by atoms with E-state index in [0.717, 1.165) is 12.8 Å². The van der Waals surface area contributed by atoms with Gasteiger partial charge in [0.2, 0.25) is 5.91 Å². The average Bonchev–Trinajstić information content (AvgIpc) is 2.86. The van der Waals surface area contributed by atoms with E-state index in [1.807, 2.05) is 0 Å². The summed E-state index contributed by atoms with van der Waals surface area (Å²) in [7, 11) is 0. The highest BCUT2D eigenvalue weighted by Gasteiger charge is 2.32. The van der Waals surface area contributed by atoms with Crippen molar-refractivity contribution in [3.63, 3.8) is 0 Å². The van der Waals surface area contributed by atoms with Crippen LogP contribution < -0.4 is 5.32 Å². The first-order chi connectivity index (χ1) is 11.5. The molecule has 3 amide bonds. The van der Waals surface area contributed by atoms with Crippen molar-refractivity contribution in [3.05, 3.63) is 0 Å². The van der Waals surface area contributed by atoms with Crippen LogP contribution in [0, 0.1) is 0 Å². The molecule has 1 fully saturated rings. The molecule has 0 aromatic heterocycles. The summed E-state index contributed by atoms with van der Waals surface area (Å²) in [6, 6.07) is 0. The van der Waals surface area contributed by atoms with Crippen LogP contribution in [0.4, 0.5) is 0 Å². The minimum absolute atomic E-state index is 0.0355. The number of unbranched alkanes of at least 4 members (excludes halogenated alkanes) is 5. The van der Waals surface area contributed by atoms with Gasteiger partial charge in [-0.15, -0.1) is 5.06 Å². The summed E-state index contributed by atoms with van der Waals surface area (Å²) in [6.45, 7) is 1.97. The van der Waals surface area contributed by atoms with Crippen molar-refractivity contribution in [3.8, 4) is 0 Å². The molecule has 8 nitrogen and oxygen atoms in total. The van der Waals surface area contributed by atoms with Gasteiger partial charge in [0.05, 0.1) is 0 Å².